The van der Waals surface area contributed by atoms with Gasteiger partial charge in [-0.05, 0) is 57.7 Å². The van der Waals surface area contributed by atoms with E-state index in [2.05, 4.69) is 20.4 Å². The molecule has 1 N–H and O–H groups in total. The summed E-state index contributed by atoms with van der Waals surface area (Å²) in [6, 6.07) is 4.73. The molecular weight excluding hydrogens is 488 g/mol. The second-order valence-electron chi connectivity index (χ2n) is 10.1. The molecule has 2 aromatic rings. The number of rotatable bonds is 8. The van der Waals surface area contributed by atoms with Crippen molar-refractivity contribution in [3.63, 3.8) is 0 Å². The molecule has 0 aliphatic heterocycles. The molecule has 1 amide bonds. The zero-order chi connectivity index (χ0) is 25.8. The lowest BCUT2D eigenvalue weighted by atomic mass is 9.87. The Labute approximate surface area is 212 Å². The summed E-state index contributed by atoms with van der Waals surface area (Å²) >= 11 is 6.29. The van der Waals surface area contributed by atoms with Crippen molar-refractivity contribution in [1.82, 2.24) is 9.97 Å². The molecule has 1 heterocycles. The quantitative estimate of drug-likeness (QED) is 0.369. The van der Waals surface area contributed by atoms with Gasteiger partial charge in [-0.1, -0.05) is 48.5 Å². The van der Waals surface area contributed by atoms with Gasteiger partial charge in [-0.15, -0.1) is 0 Å². The Hall–Kier alpha value is -2.52. The van der Waals surface area contributed by atoms with Crippen LogP contribution in [0.4, 0.5) is 5.82 Å². The van der Waals surface area contributed by atoms with Gasteiger partial charge in [0.05, 0.1) is 28.2 Å². The van der Waals surface area contributed by atoms with Crippen molar-refractivity contribution in [3.05, 3.63) is 46.9 Å². The minimum absolute atomic E-state index is 0.0527. The lowest BCUT2D eigenvalue weighted by Crippen LogP contribution is -2.24. The van der Waals surface area contributed by atoms with Crippen molar-refractivity contribution in [2.24, 2.45) is 11.1 Å². The Morgan fingerprint density at radius 2 is 1.91 bits per heavy atom. The molecule has 0 radical (unpaired) electrons. The first-order valence-corrected chi connectivity index (χ1v) is 14.0. The SMILES string of the molecule is CC(=NOC(C)(C)C)c1cnc(NC(=O)[C@H](CC2CCCC2)c2ccc(S(C)(=O)=O)c(Cl)c2)cn1. The summed E-state index contributed by atoms with van der Waals surface area (Å²) in [6.45, 7) is 7.48. The van der Waals surface area contributed by atoms with Crippen LogP contribution in [-0.2, 0) is 19.5 Å². The summed E-state index contributed by atoms with van der Waals surface area (Å²) in [4.78, 5) is 27.5. The monoisotopic (exact) mass is 520 g/mol. The molecule has 0 unspecified atom stereocenters. The van der Waals surface area contributed by atoms with Crippen molar-refractivity contribution >= 4 is 38.9 Å². The maximum atomic E-state index is 13.3. The summed E-state index contributed by atoms with van der Waals surface area (Å²) in [7, 11) is -3.46. The minimum atomic E-state index is -3.46. The maximum absolute atomic E-state index is 13.3. The summed E-state index contributed by atoms with van der Waals surface area (Å²) in [6.07, 6.45) is 9.23. The maximum Gasteiger partial charge on any atom is 0.233 e. The largest absolute Gasteiger partial charge is 0.390 e. The van der Waals surface area contributed by atoms with Crippen molar-refractivity contribution in [2.45, 2.75) is 76.2 Å². The molecule has 1 fully saturated rings. The summed E-state index contributed by atoms with van der Waals surface area (Å²) < 4.78 is 23.9. The lowest BCUT2D eigenvalue weighted by Gasteiger charge is -2.21. The van der Waals surface area contributed by atoms with E-state index in [0.29, 0.717) is 35.1 Å². The van der Waals surface area contributed by atoms with Crippen molar-refractivity contribution in [1.29, 1.82) is 0 Å². The predicted molar refractivity (Wildman–Crippen MR) is 138 cm³/mol. The molecule has 8 nitrogen and oxygen atoms in total. The number of amides is 1. The van der Waals surface area contributed by atoms with Crippen molar-refractivity contribution in [3.8, 4) is 0 Å². The van der Waals surface area contributed by atoms with Crippen LogP contribution in [0.3, 0.4) is 0 Å². The summed E-state index contributed by atoms with van der Waals surface area (Å²) in [5.41, 5.74) is 1.38. The van der Waals surface area contributed by atoms with Crippen LogP contribution < -0.4 is 5.32 Å². The third-order valence-electron chi connectivity index (χ3n) is 5.85. The number of sulfone groups is 1. The predicted octanol–water partition coefficient (Wildman–Crippen LogP) is 5.38. The van der Waals surface area contributed by atoms with Gasteiger partial charge in [0.25, 0.3) is 0 Å². The standard InChI is InChI=1S/C25H33ClN4O4S/c1-16(30-34-25(2,3)4)21-14-28-23(15-27-21)29-24(31)19(12-17-8-6-7-9-17)18-10-11-22(20(26)13-18)35(5,32)33/h10-11,13-15,17,19H,6-9,12H2,1-5H3,(H,28,29,31)/t19-/m1/s1. The average Bonchev–Trinajstić information content (AvgIpc) is 3.28. The molecule has 1 saturated carbocycles. The fourth-order valence-electron chi connectivity index (χ4n) is 4.05. The number of aromatic nitrogens is 2. The van der Waals surface area contributed by atoms with E-state index in [1.54, 1.807) is 19.1 Å². The normalized spacial score (nSPS) is 16.2. The second-order valence-corrected chi connectivity index (χ2v) is 12.4. The first kappa shape index (κ1) is 27.1. The third-order valence-corrected chi connectivity index (χ3v) is 7.43. The molecule has 190 valence electrons. The van der Waals surface area contributed by atoms with E-state index < -0.39 is 21.4 Å². The Morgan fingerprint density at radius 3 is 2.46 bits per heavy atom. The van der Waals surface area contributed by atoms with Crippen LogP contribution in [0.5, 0.6) is 0 Å². The number of hydrogen-bond donors (Lipinski definition) is 1. The number of nitrogens with zero attached hydrogens (tertiary/aromatic N) is 3. The molecule has 1 aliphatic rings. The number of oxime groups is 1. The zero-order valence-corrected chi connectivity index (χ0v) is 22.4. The highest BCUT2D eigenvalue weighted by atomic mass is 35.5. The number of carbonyl (C=O) groups excluding carboxylic acids is 1. The first-order chi connectivity index (χ1) is 16.3. The Balaban J connectivity index is 1.80. The molecular formula is C25H33ClN4O4S. The number of anilines is 1. The van der Waals surface area contributed by atoms with Crippen LogP contribution in [0.25, 0.3) is 0 Å². The van der Waals surface area contributed by atoms with Gasteiger partial charge in [0.2, 0.25) is 5.91 Å². The molecule has 10 heteroatoms. The highest BCUT2D eigenvalue weighted by molar-refractivity contribution is 7.90. The molecule has 1 aromatic carbocycles. The van der Waals surface area contributed by atoms with Crippen molar-refractivity contribution < 1.29 is 18.0 Å². The fraction of sp³-hybridized carbons (Fsp3) is 0.520. The average molecular weight is 521 g/mol. The Bertz CT molecular complexity index is 1180. The molecule has 1 aliphatic carbocycles. The first-order valence-electron chi connectivity index (χ1n) is 11.7. The topological polar surface area (TPSA) is 111 Å². The van der Waals surface area contributed by atoms with E-state index in [-0.39, 0.29) is 15.8 Å². The van der Waals surface area contributed by atoms with E-state index >= 15 is 0 Å². The van der Waals surface area contributed by atoms with Crippen LogP contribution in [0.1, 0.15) is 77.0 Å². The lowest BCUT2D eigenvalue weighted by molar-refractivity contribution is -0.118. The molecule has 0 bridgehead atoms. The number of halogens is 1. The summed E-state index contributed by atoms with van der Waals surface area (Å²) in [5.74, 6) is 0.0190. The molecule has 1 aromatic heterocycles. The highest BCUT2D eigenvalue weighted by Crippen LogP contribution is 2.36. The minimum Gasteiger partial charge on any atom is -0.390 e. The van der Waals surface area contributed by atoms with Gasteiger partial charge in [0.1, 0.15) is 17.0 Å². The number of hydrogen-bond acceptors (Lipinski definition) is 7. The number of benzene rings is 1. The van der Waals surface area contributed by atoms with Gasteiger partial charge < -0.3 is 10.2 Å². The van der Waals surface area contributed by atoms with Crippen LogP contribution >= 0.6 is 11.6 Å². The van der Waals surface area contributed by atoms with E-state index in [1.807, 2.05) is 20.8 Å². The third kappa shape index (κ3) is 7.73. The zero-order valence-electron chi connectivity index (χ0n) is 20.8. The molecule has 35 heavy (non-hydrogen) atoms. The van der Waals surface area contributed by atoms with Crippen LogP contribution in [0.15, 0.2) is 40.6 Å². The van der Waals surface area contributed by atoms with E-state index in [9.17, 15) is 13.2 Å². The molecule has 1 atom stereocenters. The van der Waals surface area contributed by atoms with Gasteiger partial charge in [0.15, 0.2) is 15.7 Å². The van der Waals surface area contributed by atoms with Gasteiger partial charge in [-0.2, -0.15) is 0 Å². The Morgan fingerprint density at radius 1 is 1.23 bits per heavy atom. The Kier molecular flexibility index (Phi) is 8.54. The van der Waals surface area contributed by atoms with E-state index in [1.165, 1.54) is 18.5 Å². The molecule has 0 saturated heterocycles. The number of carbonyl (C=O) groups is 1. The van der Waals surface area contributed by atoms with Crippen LogP contribution in [-0.4, -0.2) is 41.9 Å². The van der Waals surface area contributed by atoms with Gasteiger partial charge in [0, 0.05) is 6.26 Å². The van der Waals surface area contributed by atoms with E-state index in [4.69, 9.17) is 16.4 Å². The van der Waals surface area contributed by atoms with Crippen LogP contribution in [0.2, 0.25) is 5.02 Å². The highest BCUT2D eigenvalue weighted by Gasteiger charge is 2.28. The molecule has 3 rings (SSSR count). The smallest absolute Gasteiger partial charge is 0.233 e. The second kappa shape index (κ2) is 11.0. The molecule has 0 spiro atoms. The summed E-state index contributed by atoms with van der Waals surface area (Å²) in [5, 5.41) is 7.06. The van der Waals surface area contributed by atoms with E-state index in [0.717, 1.165) is 31.9 Å². The van der Waals surface area contributed by atoms with Gasteiger partial charge >= 0.3 is 0 Å². The van der Waals surface area contributed by atoms with Gasteiger partial charge in [-0.3, -0.25) is 4.79 Å². The van der Waals surface area contributed by atoms with Crippen molar-refractivity contribution in [2.75, 3.05) is 11.6 Å². The number of nitrogens with one attached hydrogen (secondary N) is 1. The van der Waals surface area contributed by atoms with Gasteiger partial charge in [-0.25, -0.2) is 18.4 Å². The fourth-order valence-corrected chi connectivity index (χ4v) is 5.39. The van der Waals surface area contributed by atoms with Crippen LogP contribution in [0, 0.1) is 5.92 Å².